The SMILES string of the molecule is CCCCCOc1ccc(OC(=O)/C=C/c2ccc(OCCCCCCCCc3c(N)cc(N)cc3C(=O)O)c(OC)c2)cc1. The number of carboxylic acids is 1. The van der Waals surface area contributed by atoms with Gasteiger partial charge < -0.3 is 35.5 Å². The summed E-state index contributed by atoms with van der Waals surface area (Å²) in [5.41, 5.74) is 14.2. The summed E-state index contributed by atoms with van der Waals surface area (Å²) in [6, 6.07) is 15.6. The van der Waals surface area contributed by atoms with Gasteiger partial charge in [0.1, 0.15) is 11.5 Å². The molecule has 3 aromatic carbocycles. The van der Waals surface area contributed by atoms with Gasteiger partial charge in [-0.3, -0.25) is 0 Å². The van der Waals surface area contributed by atoms with Gasteiger partial charge >= 0.3 is 11.9 Å². The number of hydrogen-bond donors (Lipinski definition) is 3. The van der Waals surface area contributed by atoms with Gasteiger partial charge in [-0.15, -0.1) is 0 Å². The first-order valence-electron chi connectivity index (χ1n) is 15.7. The van der Waals surface area contributed by atoms with Crippen LogP contribution in [-0.2, 0) is 11.2 Å². The van der Waals surface area contributed by atoms with E-state index in [-0.39, 0.29) is 5.56 Å². The zero-order chi connectivity index (χ0) is 32.4. The third-order valence-corrected chi connectivity index (χ3v) is 7.27. The van der Waals surface area contributed by atoms with Gasteiger partial charge in [0.05, 0.1) is 25.9 Å². The molecule has 3 aromatic rings. The fourth-order valence-electron chi connectivity index (χ4n) is 4.85. The predicted octanol–water partition coefficient (Wildman–Crippen LogP) is 7.71. The predicted molar refractivity (Wildman–Crippen MR) is 178 cm³/mol. The van der Waals surface area contributed by atoms with Gasteiger partial charge in [-0.05, 0) is 91.4 Å². The van der Waals surface area contributed by atoms with Crippen molar-refractivity contribution in [3.63, 3.8) is 0 Å². The number of esters is 1. The molecule has 0 aromatic heterocycles. The Morgan fingerprint density at radius 1 is 0.778 bits per heavy atom. The van der Waals surface area contributed by atoms with Crippen LogP contribution in [0.25, 0.3) is 6.08 Å². The standard InChI is InChI=1S/C36H46N2O7/c1-3-4-10-21-43-28-15-17-29(18-16-28)45-35(39)20-14-26-13-19-33(34(23-26)42-2)44-22-11-8-6-5-7-9-12-30-31(36(40)41)24-27(37)25-32(30)38/h13-20,23-25H,3-12,21-22,37-38H2,1-2H3,(H,40,41)/b20-14+. The fourth-order valence-corrected chi connectivity index (χ4v) is 4.85. The third kappa shape index (κ3) is 12.1. The molecule has 0 aliphatic heterocycles. The molecule has 9 nitrogen and oxygen atoms in total. The number of hydrogen-bond acceptors (Lipinski definition) is 8. The number of unbranched alkanes of at least 4 members (excludes halogenated alkanes) is 7. The van der Waals surface area contributed by atoms with Crippen molar-refractivity contribution in [1.82, 2.24) is 0 Å². The minimum Gasteiger partial charge on any atom is -0.494 e. The molecule has 0 radical (unpaired) electrons. The molecular weight excluding hydrogens is 572 g/mol. The second-order valence-electron chi connectivity index (χ2n) is 10.9. The molecule has 45 heavy (non-hydrogen) atoms. The quantitative estimate of drug-likeness (QED) is 0.0381. The highest BCUT2D eigenvalue weighted by Crippen LogP contribution is 2.29. The highest BCUT2D eigenvalue weighted by atomic mass is 16.5. The van der Waals surface area contributed by atoms with Crippen LogP contribution in [0, 0.1) is 0 Å². The van der Waals surface area contributed by atoms with E-state index in [1.54, 1.807) is 43.5 Å². The lowest BCUT2D eigenvalue weighted by Crippen LogP contribution is -2.07. The average Bonchev–Trinajstić information content (AvgIpc) is 3.02. The van der Waals surface area contributed by atoms with Crippen LogP contribution in [0.15, 0.2) is 60.7 Å². The minimum atomic E-state index is -1.01. The minimum absolute atomic E-state index is 0.188. The van der Waals surface area contributed by atoms with Crippen LogP contribution in [0.4, 0.5) is 11.4 Å². The second-order valence-corrected chi connectivity index (χ2v) is 10.9. The Morgan fingerprint density at radius 2 is 1.44 bits per heavy atom. The number of carbonyl (C=O) groups is 2. The summed E-state index contributed by atoms with van der Waals surface area (Å²) in [5, 5.41) is 9.44. The topological polar surface area (TPSA) is 143 Å². The van der Waals surface area contributed by atoms with E-state index < -0.39 is 11.9 Å². The summed E-state index contributed by atoms with van der Waals surface area (Å²) in [7, 11) is 1.58. The highest BCUT2D eigenvalue weighted by Gasteiger charge is 2.14. The second kappa shape index (κ2) is 18.9. The van der Waals surface area contributed by atoms with Gasteiger partial charge in [-0.25, -0.2) is 9.59 Å². The van der Waals surface area contributed by atoms with Crippen LogP contribution in [-0.4, -0.2) is 37.4 Å². The van der Waals surface area contributed by atoms with Gasteiger partial charge in [0.15, 0.2) is 11.5 Å². The van der Waals surface area contributed by atoms with Crippen LogP contribution in [0.5, 0.6) is 23.0 Å². The van der Waals surface area contributed by atoms with Crippen LogP contribution in [0.3, 0.4) is 0 Å². The van der Waals surface area contributed by atoms with Gasteiger partial charge in [0.25, 0.3) is 0 Å². The number of anilines is 2. The van der Waals surface area contributed by atoms with Crippen molar-refractivity contribution in [3.05, 3.63) is 77.4 Å². The lowest BCUT2D eigenvalue weighted by Gasteiger charge is -2.12. The van der Waals surface area contributed by atoms with Crippen LogP contribution < -0.4 is 30.4 Å². The normalized spacial score (nSPS) is 11.0. The molecule has 242 valence electrons. The Balaban J connectivity index is 1.34. The number of methoxy groups -OCH3 is 1. The maximum Gasteiger partial charge on any atom is 0.336 e. The summed E-state index contributed by atoms with van der Waals surface area (Å²) >= 11 is 0. The van der Waals surface area contributed by atoms with Gasteiger partial charge in [0, 0.05) is 17.5 Å². The molecule has 0 saturated heterocycles. The van der Waals surface area contributed by atoms with Crippen LogP contribution in [0.1, 0.15) is 86.2 Å². The lowest BCUT2D eigenvalue weighted by atomic mass is 9.98. The van der Waals surface area contributed by atoms with Crippen molar-refractivity contribution in [3.8, 4) is 23.0 Å². The first-order chi connectivity index (χ1) is 21.8. The van der Waals surface area contributed by atoms with E-state index in [2.05, 4.69) is 6.92 Å². The van der Waals surface area contributed by atoms with E-state index >= 15 is 0 Å². The molecule has 0 bridgehead atoms. The molecule has 0 saturated carbocycles. The van der Waals surface area contributed by atoms with Crippen molar-refractivity contribution >= 4 is 29.4 Å². The number of carboxylic acid groups (broad SMARTS) is 1. The highest BCUT2D eigenvalue weighted by molar-refractivity contribution is 5.92. The Morgan fingerprint density at radius 3 is 2.16 bits per heavy atom. The van der Waals surface area contributed by atoms with Gasteiger partial charge in [-0.1, -0.05) is 51.5 Å². The molecule has 0 atom stereocenters. The van der Waals surface area contributed by atoms with E-state index in [1.807, 2.05) is 18.2 Å². The van der Waals surface area contributed by atoms with E-state index in [0.29, 0.717) is 53.8 Å². The lowest BCUT2D eigenvalue weighted by molar-refractivity contribution is -0.128. The Kier molecular flexibility index (Phi) is 14.6. The molecule has 0 heterocycles. The van der Waals surface area contributed by atoms with Crippen molar-refractivity contribution in [2.75, 3.05) is 31.8 Å². The molecule has 5 N–H and O–H groups in total. The van der Waals surface area contributed by atoms with Gasteiger partial charge in [-0.2, -0.15) is 0 Å². The zero-order valence-corrected chi connectivity index (χ0v) is 26.4. The molecule has 0 fully saturated rings. The fraction of sp³-hybridized carbons (Fsp3) is 0.389. The van der Waals surface area contributed by atoms with E-state index in [4.69, 9.17) is 30.4 Å². The van der Waals surface area contributed by atoms with Crippen molar-refractivity contribution < 1.29 is 33.6 Å². The van der Waals surface area contributed by atoms with Crippen molar-refractivity contribution in [2.24, 2.45) is 0 Å². The molecule has 0 amide bonds. The average molecular weight is 619 g/mol. The van der Waals surface area contributed by atoms with Crippen LogP contribution in [0.2, 0.25) is 0 Å². The Bertz CT molecular complexity index is 1400. The smallest absolute Gasteiger partial charge is 0.336 e. The summed E-state index contributed by atoms with van der Waals surface area (Å²) in [6.07, 6.45) is 12.8. The molecular formula is C36H46N2O7. The molecule has 9 heteroatoms. The summed E-state index contributed by atoms with van der Waals surface area (Å²) in [5.74, 6) is 0.943. The first-order valence-corrected chi connectivity index (χ1v) is 15.7. The van der Waals surface area contributed by atoms with E-state index in [9.17, 15) is 14.7 Å². The number of aromatic carboxylic acids is 1. The molecule has 0 aliphatic rings. The summed E-state index contributed by atoms with van der Waals surface area (Å²) in [6.45, 7) is 3.39. The summed E-state index contributed by atoms with van der Waals surface area (Å²) < 4.78 is 22.5. The van der Waals surface area contributed by atoms with Crippen LogP contribution >= 0.6 is 0 Å². The summed E-state index contributed by atoms with van der Waals surface area (Å²) in [4.78, 5) is 23.8. The molecule has 0 spiro atoms. The Labute approximate surface area is 266 Å². The molecule has 0 aliphatic carbocycles. The monoisotopic (exact) mass is 618 g/mol. The first kappa shape index (κ1) is 34.8. The maximum atomic E-state index is 12.3. The van der Waals surface area contributed by atoms with Crippen molar-refractivity contribution in [2.45, 2.75) is 71.1 Å². The zero-order valence-electron chi connectivity index (χ0n) is 26.4. The van der Waals surface area contributed by atoms with E-state index in [0.717, 1.165) is 69.1 Å². The largest absolute Gasteiger partial charge is 0.494 e. The maximum absolute atomic E-state index is 12.3. The van der Waals surface area contributed by atoms with Gasteiger partial charge in [0.2, 0.25) is 0 Å². The van der Waals surface area contributed by atoms with Crippen molar-refractivity contribution in [1.29, 1.82) is 0 Å². The third-order valence-electron chi connectivity index (χ3n) is 7.27. The number of benzene rings is 3. The molecule has 3 rings (SSSR count). The number of nitrogen functional groups attached to an aromatic ring is 2. The van der Waals surface area contributed by atoms with E-state index in [1.165, 1.54) is 12.1 Å². The number of nitrogens with two attached hydrogens (primary N) is 2. The molecule has 0 unspecified atom stereocenters. The Hall–Kier alpha value is -4.66. The number of carbonyl (C=O) groups excluding carboxylic acids is 1. The number of rotatable bonds is 20. The number of ether oxygens (including phenoxy) is 4.